The molecule has 0 aromatic heterocycles. The fourth-order valence-corrected chi connectivity index (χ4v) is 4.35. The van der Waals surface area contributed by atoms with Crippen LogP contribution in [0.4, 0.5) is 4.39 Å². The number of piperidine rings is 1. The predicted octanol–water partition coefficient (Wildman–Crippen LogP) is 2.06. The van der Waals surface area contributed by atoms with Crippen molar-refractivity contribution in [1.82, 2.24) is 4.31 Å². The Labute approximate surface area is 119 Å². The lowest BCUT2D eigenvalue weighted by atomic mass is 9.92. The molecule has 0 spiro atoms. The zero-order chi connectivity index (χ0) is 15.0. The van der Waals surface area contributed by atoms with E-state index in [1.165, 1.54) is 16.4 Å². The van der Waals surface area contributed by atoms with Crippen molar-refractivity contribution < 1.29 is 17.9 Å². The Morgan fingerprint density at radius 2 is 2.15 bits per heavy atom. The van der Waals surface area contributed by atoms with E-state index in [1.54, 1.807) is 6.92 Å². The van der Waals surface area contributed by atoms with E-state index in [0.717, 1.165) is 6.07 Å². The quantitative estimate of drug-likeness (QED) is 0.929. The molecule has 6 heteroatoms. The molecule has 0 aliphatic carbocycles. The minimum absolute atomic E-state index is 0.0159. The van der Waals surface area contributed by atoms with Crippen LogP contribution in [0.1, 0.15) is 31.7 Å². The van der Waals surface area contributed by atoms with E-state index in [9.17, 15) is 17.9 Å². The van der Waals surface area contributed by atoms with Gasteiger partial charge in [0.25, 0.3) is 0 Å². The van der Waals surface area contributed by atoms with E-state index in [2.05, 4.69) is 0 Å². The number of aryl methyl sites for hydroxylation is 1. The van der Waals surface area contributed by atoms with Gasteiger partial charge in [0.15, 0.2) is 0 Å². The third kappa shape index (κ3) is 2.87. The molecule has 1 aromatic carbocycles. The molecule has 0 amide bonds. The molecule has 1 fully saturated rings. The summed E-state index contributed by atoms with van der Waals surface area (Å²) in [6.45, 7) is 3.91. The molecule has 1 aliphatic rings. The fourth-order valence-electron chi connectivity index (χ4n) is 2.56. The number of sulfonamides is 1. The van der Waals surface area contributed by atoms with Gasteiger partial charge in [-0.2, -0.15) is 4.31 Å². The molecule has 1 unspecified atom stereocenters. The zero-order valence-corrected chi connectivity index (χ0v) is 12.6. The number of hydrogen-bond acceptors (Lipinski definition) is 3. The van der Waals surface area contributed by atoms with Crippen LogP contribution in [0.15, 0.2) is 23.1 Å². The van der Waals surface area contributed by atoms with Crippen LogP contribution in [0.5, 0.6) is 0 Å². The van der Waals surface area contributed by atoms with Crippen LogP contribution in [-0.2, 0) is 10.0 Å². The lowest BCUT2D eigenvalue weighted by molar-refractivity contribution is -0.0107. The Balaban J connectivity index is 2.37. The largest absolute Gasteiger partial charge is 0.389 e. The average molecular weight is 301 g/mol. The predicted molar refractivity (Wildman–Crippen MR) is 74.4 cm³/mol. The summed E-state index contributed by atoms with van der Waals surface area (Å²) < 4.78 is 39.8. The highest BCUT2D eigenvalue weighted by Gasteiger charge is 2.38. The van der Waals surface area contributed by atoms with E-state index in [-0.39, 0.29) is 11.4 Å². The summed E-state index contributed by atoms with van der Waals surface area (Å²) in [5.41, 5.74) is -0.468. The molecule has 0 radical (unpaired) electrons. The van der Waals surface area contributed by atoms with Crippen LogP contribution in [-0.4, -0.2) is 36.5 Å². The Morgan fingerprint density at radius 3 is 2.80 bits per heavy atom. The molecule has 1 aliphatic heterocycles. The van der Waals surface area contributed by atoms with Crippen LogP contribution >= 0.6 is 0 Å². The number of aliphatic hydroxyl groups is 1. The molecule has 1 heterocycles. The van der Waals surface area contributed by atoms with E-state index in [0.29, 0.717) is 31.4 Å². The average Bonchev–Trinajstić information content (AvgIpc) is 2.41. The Hall–Kier alpha value is -0.980. The van der Waals surface area contributed by atoms with Gasteiger partial charge in [-0.3, -0.25) is 0 Å². The summed E-state index contributed by atoms with van der Waals surface area (Å²) in [7, 11) is -3.76. The van der Waals surface area contributed by atoms with E-state index in [1.807, 2.05) is 6.92 Å². The van der Waals surface area contributed by atoms with Gasteiger partial charge in [0.1, 0.15) is 5.82 Å². The maximum Gasteiger partial charge on any atom is 0.243 e. The van der Waals surface area contributed by atoms with Crippen molar-refractivity contribution in [2.24, 2.45) is 0 Å². The third-order valence-corrected chi connectivity index (χ3v) is 5.93. The molecule has 0 bridgehead atoms. The van der Waals surface area contributed by atoms with Gasteiger partial charge in [-0.15, -0.1) is 0 Å². The minimum atomic E-state index is -3.76. The van der Waals surface area contributed by atoms with Gasteiger partial charge in [0, 0.05) is 13.1 Å². The van der Waals surface area contributed by atoms with Crippen molar-refractivity contribution >= 4 is 10.0 Å². The van der Waals surface area contributed by atoms with E-state index < -0.39 is 21.4 Å². The number of nitrogens with zero attached hydrogens (tertiary/aromatic N) is 1. The second-order valence-electron chi connectivity index (χ2n) is 5.43. The normalized spacial score (nSPS) is 24.8. The summed E-state index contributed by atoms with van der Waals surface area (Å²) in [4.78, 5) is -0.0159. The molecule has 1 saturated heterocycles. The molecule has 1 atom stereocenters. The van der Waals surface area contributed by atoms with Crippen molar-refractivity contribution in [3.05, 3.63) is 29.6 Å². The molecule has 0 saturated carbocycles. The first-order valence-electron chi connectivity index (χ1n) is 6.77. The second-order valence-corrected chi connectivity index (χ2v) is 7.34. The third-order valence-electron chi connectivity index (χ3n) is 3.95. The Kier molecular flexibility index (Phi) is 4.18. The summed E-state index contributed by atoms with van der Waals surface area (Å²) in [5.74, 6) is -0.572. The number of rotatable bonds is 3. The van der Waals surface area contributed by atoms with Gasteiger partial charge in [-0.05, 0) is 43.9 Å². The molecule has 112 valence electrons. The summed E-state index contributed by atoms with van der Waals surface area (Å²) in [6, 6.07) is 3.75. The lowest BCUT2D eigenvalue weighted by Crippen LogP contribution is -2.49. The monoisotopic (exact) mass is 301 g/mol. The van der Waals surface area contributed by atoms with Crippen molar-refractivity contribution in [2.45, 2.75) is 43.6 Å². The van der Waals surface area contributed by atoms with Gasteiger partial charge in [-0.1, -0.05) is 13.0 Å². The number of benzene rings is 1. The first-order valence-corrected chi connectivity index (χ1v) is 8.21. The number of halogens is 1. The van der Waals surface area contributed by atoms with Crippen molar-refractivity contribution in [3.63, 3.8) is 0 Å². The number of β-amino-alcohol motifs (C(OH)–C–C–N with tert-alkyl or cyclic N) is 1. The lowest BCUT2D eigenvalue weighted by Gasteiger charge is -2.38. The first-order chi connectivity index (χ1) is 9.28. The van der Waals surface area contributed by atoms with Gasteiger partial charge in [0.2, 0.25) is 10.0 Å². The van der Waals surface area contributed by atoms with Gasteiger partial charge in [0.05, 0.1) is 10.5 Å². The van der Waals surface area contributed by atoms with Crippen molar-refractivity contribution in [1.29, 1.82) is 0 Å². The SMILES string of the molecule is CCC1(O)CCCN(S(=O)(=O)c2cc(F)ccc2C)C1. The summed E-state index contributed by atoms with van der Waals surface area (Å²) >= 11 is 0. The van der Waals surface area contributed by atoms with E-state index >= 15 is 0 Å². The maximum atomic E-state index is 13.3. The fraction of sp³-hybridized carbons (Fsp3) is 0.571. The molecule has 1 N–H and O–H groups in total. The van der Waals surface area contributed by atoms with Gasteiger partial charge in [-0.25, -0.2) is 12.8 Å². The number of hydrogen-bond donors (Lipinski definition) is 1. The molecule has 2 rings (SSSR count). The summed E-state index contributed by atoms with van der Waals surface area (Å²) in [6.07, 6.45) is 1.71. The molecule has 1 aromatic rings. The highest BCUT2D eigenvalue weighted by atomic mass is 32.2. The highest BCUT2D eigenvalue weighted by Crippen LogP contribution is 2.29. The molecular formula is C14H20FNO3S. The highest BCUT2D eigenvalue weighted by molar-refractivity contribution is 7.89. The van der Waals surface area contributed by atoms with Crippen molar-refractivity contribution in [2.75, 3.05) is 13.1 Å². The molecule has 20 heavy (non-hydrogen) atoms. The maximum absolute atomic E-state index is 13.3. The van der Waals surface area contributed by atoms with Crippen LogP contribution in [0.3, 0.4) is 0 Å². The first kappa shape index (κ1) is 15.4. The van der Waals surface area contributed by atoms with Crippen LogP contribution < -0.4 is 0 Å². The Morgan fingerprint density at radius 1 is 1.45 bits per heavy atom. The van der Waals surface area contributed by atoms with Gasteiger partial charge >= 0.3 is 0 Å². The van der Waals surface area contributed by atoms with E-state index in [4.69, 9.17) is 0 Å². The minimum Gasteiger partial charge on any atom is -0.389 e. The molecule has 4 nitrogen and oxygen atoms in total. The van der Waals surface area contributed by atoms with Gasteiger partial charge < -0.3 is 5.11 Å². The smallest absolute Gasteiger partial charge is 0.243 e. The molecular weight excluding hydrogens is 281 g/mol. The Bertz CT molecular complexity index is 602. The zero-order valence-electron chi connectivity index (χ0n) is 11.8. The van der Waals surface area contributed by atoms with Crippen LogP contribution in [0, 0.1) is 12.7 Å². The van der Waals surface area contributed by atoms with Crippen molar-refractivity contribution in [3.8, 4) is 0 Å². The second kappa shape index (κ2) is 5.42. The van der Waals surface area contributed by atoms with Crippen LogP contribution in [0.2, 0.25) is 0 Å². The standard InChI is InChI=1S/C14H20FNO3S/c1-3-14(17)7-4-8-16(10-14)20(18,19)13-9-12(15)6-5-11(13)2/h5-6,9,17H,3-4,7-8,10H2,1-2H3. The topological polar surface area (TPSA) is 57.6 Å². The van der Waals surface area contributed by atoms with Crippen LogP contribution in [0.25, 0.3) is 0 Å². The summed E-state index contributed by atoms with van der Waals surface area (Å²) in [5, 5.41) is 10.3.